The summed E-state index contributed by atoms with van der Waals surface area (Å²) in [5.41, 5.74) is 0.696. The predicted octanol–water partition coefficient (Wildman–Crippen LogP) is 0.711. The topological polar surface area (TPSA) is 90.5 Å². The third-order valence-corrected chi connectivity index (χ3v) is 4.65. The van der Waals surface area contributed by atoms with E-state index < -0.39 is 10.0 Å². The number of hydrogen-bond acceptors (Lipinski definition) is 5. The van der Waals surface area contributed by atoms with Crippen LogP contribution in [0.15, 0.2) is 29.2 Å². The zero-order valence-corrected chi connectivity index (χ0v) is 15.6. The summed E-state index contributed by atoms with van der Waals surface area (Å²) in [6.07, 6.45) is 0. The maximum atomic E-state index is 12.1. The quantitative estimate of drug-likeness (QED) is 0.574. The first kappa shape index (κ1) is 20.4. The largest absolute Gasteiger partial charge is 0.376 e. The summed E-state index contributed by atoms with van der Waals surface area (Å²) in [4.78, 5) is 13.7. The average molecular weight is 356 g/mol. The molecule has 0 saturated heterocycles. The van der Waals surface area contributed by atoms with Crippen molar-refractivity contribution in [3.8, 4) is 0 Å². The van der Waals surface area contributed by atoms with Crippen LogP contribution >= 0.6 is 0 Å². The normalized spacial score (nSPS) is 11.8. The van der Waals surface area contributed by atoms with E-state index in [9.17, 15) is 13.2 Å². The molecule has 7 nitrogen and oxygen atoms in total. The fraction of sp³-hybridized carbons (Fsp3) is 0.562. The van der Waals surface area contributed by atoms with Crippen LogP contribution in [0.5, 0.6) is 0 Å². The van der Waals surface area contributed by atoms with Crippen molar-refractivity contribution >= 4 is 21.6 Å². The predicted molar refractivity (Wildman–Crippen MR) is 96.5 cm³/mol. The Hall–Kier alpha value is -1.64. The van der Waals surface area contributed by atoms with Crippen LogP contribution in [0.1, 0.15) is 13.8 Å². The molecule has 0 heterocycles. The second-order valence-electron chi connectivity index (χ2n) is 6.28. The smallest absolute Gasteiger partial charge is 0.240 e. The van der Waals surface area contributed by atoms with Crippen LogP contribution in [-0.4, -0.2) is 59.5 Å². The van der Waals surface area contributed by atoms with Crippen molar-refractivity contribution in [1.29, 1.82) is 0 Å². The maximum Gasteiger partial charge on any atom is 0.240 e. The van der Waals surface area contributed by atoms with E-state index in [1.807, 2.05) is 32.8 Å². The Bertz CT molecular complexity index is 613. The number of carbonyl (C=O) groups excluding carboxylic acids is 1. The number of rotatable bonds is 10. The number of nitrogens with one attached hydrogen (secondary N) is 3. The van der Waals surface area contributed by atoms with Crippen molar-refractivity contribution in [3.05, 3.63) is 24.3 Å². The molecule has 0 unspecified atom stereocenters. The van der Waals surface area contributed by atoms with Gasteiger partial charge in [0.05, 0.1) is 11.4 Å². The number of amides is 1. The molecule has 0 radical (unpaired) electrons. The molecule has 3 N–H and O–H groups in total. The molecule has 8 heteroatoms. The number of benzene rings is 1. The van der Waals surface area contributed by atoms with Crippen LogP contribution in [0.2, 0.25) is 0 Å². The molecule has 136 valence electrons. The molecule has 0 aliphatic rings. The summed E-state index contributed by atoms with van der Waals surface area (Å²) in [5.74, 6) is 0.309. The van der Waals surface area contributed by atoms with Gasteiger partial charge in [-0.3, -0.25) is 4.79 Å². The zero-order chi connectivity index (χ0) is 18.2. The monoisotopic (exact) mass is 356 g/mol. The van der Waals surface area contributed by atoms with E-state index >= 15 is 0 Å². The maximum absolute atomic E-state index is 12.1. The molecule has 1 aromatic rings. The first-order valence-corrected chi connectivity index (χ1v) is 9.44. The lowest BCUT2D eigenvalue weighted by molar-refractivity contribution is -0.119. The molecular formula is C16H28N4O3S. The van der Waals surface area contributed by atoms with Gasteiger partial charge in [0, 0.05) is 25.3 Å². The van der Waals surface area contributed by atoms with Gasteiger partial charge in [0.25, 0.3) is 0 Å². The first-order chi connectivity index (χ1) is 11.2. The fourth-order valence-electron chi connectivity index (χ4n) is 1.80. The van der Waals surface area contributed by atoms with E-state index in [-0.39, 0.29) is 17.3 Å². The molecule has 0 fully saturated rings. The van der Waals surface area contributed by atoms with E-state index in [1.165, 1.54) is 12.1 Å². The van der Waals surface area contributed by atoms with Gasteiger partial charge in [0.2, 0.25) is 15.9 Å². The molecule has 1 amide bonds. The summed E-state index contributed by atoms with van der Waals surface area (Å²) in [5, 5.41) is 5.78. The lowest BCUT2D eigenvalue weighted by atomic mass is 10.2. The number of hydrogen-bond donors (Lipinski definition) is 3. The van der Waals surface area contributed by atoms with Crippen molar-refractivity contribution in [3.63, 3.8) is 0 Å². The highest BCUT2D eigenvalue weighted by Crippen LogP contribution is 2.13. The van der Waals surface area contributed by atoms with Crippen molar-refractivity contribution in [1.82, 2.24) is 14.9 Å². The van der Waals surface area contributed by atoms with E-state index in [1.54, 1.807) is 12.1 Å². The third kappa shape index (κ3) is 7.76. The van der Waals surface area contributed by atoms with Crippen molar-refractivity contribution in [2.75, 3.05) is 45.6 Å². The summed E-state index contributed by atoms with van der Waals surface area (Å²) in [6.45, 7) is 5.82. The lowest BCUT2D eigenvalue weighted by Crippen LogP contribution is -2.32. The van der Waals surface area contributed by atoms with E-state index in [0.29, 0.717) is 31.2 Å². The molecule has 0 spiro atoms. The highest BCUT2D eigenvalue weighted by molar-refractivity contribution is 7.89. The van der Waals surface area contributed by atoms with Crippen molar-refractivity contribution < 1.29 is 13.2 Å². The number of nitrogens with zero attached hydrogens (tertiary/aromatic N) is 1. The van der Waals surface area contributed by atoms with Gasteiger partial charge in [-0.15, -0.1) is 0 Å². The fourth-order valence-corrected chi connectivity index (χ4v) is 2.82. The molecule has 0 bridgehead atoms. The van der Waals surface area contributed by atoms with Crippen LogP contribution in [0.25, 0.3) is 0 Å². The Morgan fingerprint density at radius 2 is 1.79 bits per heavy atom. The van der Waals surface area contributed by atoms with Gasteiger partial charge >= 0.3 is 0 Å². The summed E-state index contributed by atoms with van der Waals surface area (Å²) in [6, 6.07) is 6.34. The lowest BCUT2D eigenvalue weighted by Gasteiger charge is -2.12. The highest BCUT2D eigenvalue weighted by atomic mass is 32.2. The number of anilines is 1. The van der Waals surface area contributed by atoms with Gasteiger partial charge in [0.1, 0.15) is 0 Å². The molecule has 0 aliphatic heterocycles. The van der Waals surface area contributed by atoms with Gasteiger partial charge in [-0.05, 0) is 44.3 Å². The van der Waals surface area contributed by atoms with Crippen LogP contribution < -0.4 is 15.4 Å². The van der Waals surface area contributed by atoms with Gasteiger partial charge in [-0.1, -0.05) is 13.8 Å². The molecular weight excluding hydrogens is 328 g/mol. The van der Waals surface area contributed by atoms with Crippen LogP contribution in [0.4, 0.5) is 5.69 Å². The minimum absolute atomic E-state index is 0.0919. The van der Waals surface area contributed by atoms with Crippen LogP contribution in [-0.2, 0) is 14.8 Å². The van der Waals surface area contributed by atoms with Gasteiger partial charge in [0.15, 0.2) is 0 Å². The Morgan fingerprint density at radius 1 is 1.17 bits per heavy atom. The SMILES string of the molecule is CC(C)CNC(=O)CNc1ccc(S(=O)(=O)NCCN(C)C)cc1. The van der Waals surface area contributed by atoms with E-state index in [4.69, 9.17) is 0 Å². The van der Waals surface area contributed by atoms with E-state index in [2.05, 4.69) is 15.4 Å². The van der Waals surface area contributed by atoms with Crippen LogP contribution in [0.3, 0.4) is 0 Å². The minimum Gasteiger partial charge on any atom is -0.376 e. The molecule has 0 aromatic heterocycles. The van der Waals surface area contributed by atoms with Gasteiger partial charge in [-0.2, -0.15) is 0 Å². The first-order valence-electron chi connectivity index (χ1n) is 7.95. The second-order valence-corrected chi connectivity index (χ2v) is 8.04. The van der Waals surface area contributed by atoms with Gasteiger partial charge in [-0.25, -0.2) is 13.1 Å². The minimum atomic E-state index is -3.51. The summed E-state index contributed by atoms with van der Waals surface area (Å²) in [7, 11) is 0.256. The molecule has 0 aliphatic carbocycles. The Labute approximate surface area is 144 Å². The zero-order valence-electron chi connectivity index (χ0n) is 14.8. The molecule has 0 saturated carbocycles. The van der Waals surface area contributed by atoms with Gasteiger partial charge < -0.3 is 15.5 Å². The third-order valence-electron chi connectivity index (χ3n) is 3.18. The molecule has 24 heavy (non-hydrogen) atoms. The molecule has 1 rings (SSSR count). The Kier molecular flexibility index (Phi) is 8.17. The second kappa shape index (κ2) is 9.61. The highest BCUT2D eigenvalue weighted by Gasteiger charge is 2.13. The summed E-state index contributed by atoms with van der Waals surface area (Å²) >= 11 is 0. The number of carbonyl (C=O) groups is 1. The van der Waals surface area contributed by atoms with Crippen LogP contribution in [0, 0.1) is 5.92 Å². The molecule has 1 aromatic carbocycles. The Balaban J connectivity index is 2.51. The van der Waals surface area contributed by atoms with Crippen molar-refractivity contribution in [2.45, 2.75) is 18.7 Å². The number of likely N-dealkylation sites (N-methyl/N-ethyl adjacent to an activating group) is 1. The standard InChI is InChI=1S/C16H28N4O3S/c1-13(2)11-18-16(21)12-17-14-5-7-15(8-6-14)24(22,23)19-9-10-20(3)4/h5-8,13,17,19H,9-12H2,1-4H3,(H,18,21). The average Bonchev–Trinajstić information content (AvgIpc) is 2.50. The molecule has 0 atom stereocenters. The Morgan fingerprint density at radius 3 is 2.33 bits per heavy atom. The van der Waals surface area contributed by atoms with E-state index in [0.717, 1.165) is 0 Å². The number of sulfonamides is 1. The van der Waals surface area contributed by atoms with Crippen molar-refractivity contribution in [2.24, 2.45) is 5.92 Å². The summed E-state index contributed by atoms with van der Waals surface area (Å²) < 4.78 is 26.8.